The minimum Gasteiger partial charge on any atom is -0.461 e. The van der Waals surface area contributed by atoms with Crippen molar-refractivity contribution < 1.29 is 14.6 Å². The molecule has 0 amide bonds. The molecule has 0 saturated heterocycles. The van der Waals surface area contributed by atoms with Crippen molar-refractivity contribution in [2.75, 3.05) is 18.9 Å². The highest BCUT2D eigenvalue weighted by atomic mass is 16.5. The lowest BCUT2D eigenvalue weighted by Gasteiger charge is -1.98. The predicted octanol–water partition coefficient (Wildman–Crippen LogP) is -0.366. The second-order valence-corrected chi connectivity index (χ2v) is 2.64. The quantitative estimate of drug-likeness (QED) is 0.646. The Morgan fingerprint density at radius 1 is 1.79 bits per heavy atom. The van der Waals surface area contributed by atoms with Crippen molar-refractivity contribution in [1.29, 1.82) is 0 Å². The lowest BCUT2D eigenvalue weighted by Crippen LogP contribution is -2.09. The van der Waals surface area contributed by atoms with Gasteiger partial charge in [0.2, 0.25) is 0 Å². The number of hydrogen-bond donors (Lipinski definition) is 2. The summed E-state index contributed by atoms with van der Waals surface area (Å²) in [5, 5.41) is 12.5. The molecule has 6 nitrogen and oxygen atoms in total. The molecule has 0 saturated carbocycles. The molecule has 0 fully saturated rings. The molecule has 3 N–H and O–H groups in total. The monoisotopic (exact) mass is 199 g/mol. The van der Waals surface area contributed by atoms with Gasteiger partial charge in [0, 0.05) is 6.20 Å². The van der Waals surface area contributed by atoms with E-state index in [4.69, 9.17) is 15.6 Å². The third-order valence-corrected chi connectivity index (χ3v) is 1.59. The molecule has 14 heavy (non-hydrogen) atoms. The first-order valence-corrected chi connectivity index (χ1v) is 4.30. The smallest absolute Gasteiger partial charge is 0.361 e. The Hall–Kier alpha value is -1.56. The number of aliphatic hydroxyl groups excluding tert-OH is 1. The molecule has 0 aliphatic heterocycles. The van der Waals surface area contributed by atoms with Crippen LogP contribution in [0.3, 0.4) is 0 Å². The highest BCUT2D eigenvalue weighted by molar-refractivity contribution is 5.92. The van der Waals surface area contributed by atoms with Crippen molar-refractivity contribution in [2.24, 2.45) is 0 Å². The van der Waals surface area contributed by atoms with E-state index in [9.17, 15) is 4.79 Å². The zero-order valence-electron chi connectivity index (χ0n) is 7.93. The third-order valence-electron chi connectivity index (χ3n) is 1.59. The minimum absolute atomic E-state index is 0.0522. The molecule has 0 atom stereocenters. The molecule has 1 aromatic rings. The van der Waals surface area contributed by atoms with E-state index in [1.165, 1.54) is 10.9 Å². The van der Waals surface area contributed by atoms with Crippen LogP contribution in [0.4, 0.5) is 5.69 Å². The zero-order chi connectivity index (χ0) is 10.6. The van der Waals surface area contributed by atoms with Gasteiger partial charge in [-0.25, -0.2) is 4.79 Å². The molecule has 0 radical (unpaired) electrons. The summed E-state index contributed by atoms with van der Waals surface area (Å²) < 4.78 is 6.15. The fourth-order valence-electron chi connectivity index (χ4n) is 1.01. The summed E-state index contributed by atoms with van der Waals surface area (Å²) in [6, 6.07) is 0. The van der Waals surface area contributed by atoms with Gasteiger partial charge in [-0.2, -0.15) is 5.10 Å². The van der Waals surface area contributed by atoms with Gasteiger partial charge in [0.05, 0.1) is 25.4 Å². The van der Waals surface area contributed by atoms with Crippen LogP contribution in [-0.2, 0) is 11.3 Å². The van der Waals surface area contributed by atoms with Crippen LogP contribution in [0.15, 0.2) is 6.20 Å². The number of esters is 1. The number of nitrogens with zero attached hydrogens (tertiary/aromatic N) is 2. The first-order valence-electron chi connectivity index (χ1n) is 4.30. The summed E-state index contributed by atoms with van der Waals surface area (Å²) in [5.41, 5.74) is 5.90. The van der Waals surface area contributed by atoms with E-state index in [1.54, 1.807) is 6.92 Å². The third kappa shape index (κ3) is 2.23. The van der Waals surface area contributed by atoms with Crippen LogP contribution in [0, 0.1) is 0 Å². The van der Waals surface area contributed by atoms with Crippen LogP contribution in [0.25, 0.3) is 0 Å². The molecule has 0 unspecified atom stereocenters. The average Bonchev–Trinajstić information content (AvgIpc) is 2.48. The van der Waals surface area contributed by atoms with E-state index in [-0.39, 0.29) is 24.6 Å². The fraction of sp³-hybridized carbons (Fsp3) is 0.500. The second kappa shape index (κ2) is 4.61. The summed E-state index contributed by atoms with van der Waals surface area (Å²) in [5.74, 6) is -0.540. The van der Waals surface area contributed by atoms with Gasteiger partial charge in [-0.15, -0.1) is 0 Å². The van der Waals surface area contributed by atoms with E-state index in [1.807, 2.05) is 0 Å². The maximum Gasteiger partial charge on any atom is 0.361 e. The standard InChI is InChI=1S/C8H13N3O3/c1-2-14-8(13)7-6(9)5-11(10-7)3-4-12/h5,12H,2-4,9H2,1H3. The molecule has 1 aromatic heterocycles. The van der Waals surface area contributed by atoms with Crippen molar-refractivity contribution in [3.05, 3.63) is 11.9 Å². The molecule has 0 aliphatic carbocycles. The molecule has 0 bridgehead atoms. The van der Waals surface area contributed by atoms with E-state index >= 15 is 0 Å². The van der Waals surface area contributed by atoms with Crippen molar-refractivity contribution in [2.45, 2.75) is 13.5 Å². The largest absolute Gasteiger partial charge is 0.461 e. The highest BCUT2D eigenvalue weighted by Crippen LogP contribution is 2.10. The molecule has 6 heteroatoms. The molecule has 78 valence electrons. The van der Waals surface area contributed by atoms with Gasteiger partial charge in [-0.05, 0) is 6.92 Å². The summed E-state index contributed by atoms with van der Waals surface area (Å²) in [6.07, 6.45) is 1.49. The van der Waals surface area contributed by atoms with Gasteiger partial charge >= 0.3 is 5.97 Å². The van der Waals surface area contributed by atoms with E-state index in [2.05, 4.69) is 5.10 Å². The molecule has 0 aromatic carbocycles. The van der Waals surface area contributed by atoms with E-state index in [0.29, 0.717) is 6.54 Å². The Morgan fingerprint density at radius 2 is 2.50 bits per heavy atom. The Kier molecular flexibility index (Phi) is 3.47. The number of anilines is 1. The summed E-state index contributed by atoms with van der Waals surface area (Å²) in [4.78, 5) is 11.2. The minimum atomic E-state index is -0.540. The molecule has 0 spiro atoms. The van der Waals surface area contributed by atoms with Crippen molar-refractivity contribution in [1.82, 2.24) is 9.78 Å². The lowest BCUT2D eigenvalue weighted by molar-refractivity contribution is 0.0519. The number of carbonyl (C=O) groups is 1. The first kappa shape index (κ1) is 10.5. The van der Waals surface area contributed by atoms with E-state index in [0.717, 1.165) is 0 Å². The topological polar surface area (TPSA) is 90.4 Å². The lowest BCUT2D eigenvalue weighted by atomic mass is 10.4. The summed E-state index contributed by atoms with van der Waals surface area (Å²) in [7, 11) is 0. The molecular formula is C8H13N3O3. The van der Waals surface area contributed by atoms with Crippen LogP contribution in [0.5, 0.6) is 0 Å². The van der Waals surface area contributed by atoms with Gasteiger partial charge < -0.3 is 15.6 Å². The normalized spacial score (nSPS) is 10.1. The Bertz CT molecular complexity index is 322. The van der Waals surface area contributed by atoms with Crippen LogP contribution in [0.1, 0.15) is 17.4 Å². The van der Waals surface area contributed by atoms with Gasteiger partial charge in [-0.3, -0.25) is 4.68 Å². The van der Waals surface area contributed by atoms with E-state index < -0.39 is 5.97 Å². The van der Waals surface area contributed by atoms with Gasteiger partial charge in [0.15, 0.2) is 5.69 Å². The maximum absolute atomic E-state index is 11.2. The number of aliphatic hydroxyl groups is 1. The Morgan fingerprint density at radius 3 is 3.07 bits per heavy atom. The van der Waals surface area contributed by atoms with Crippen LogP contribution < -0.4 is 5.73 Å². The van der Waals surface area contributed by atoms with Crippen molar-refractivity contribution in [3.63, 3.8) is 0 Å². The molecular weight excluding hydrogens is 186 g/mol. The number of rotatable bonds is 4. The van der Waals surface area contributed by atoms with Gasteiger partial charge in [-0.1, -0.05) is 0 Å². The Balaban J connectivity index is 2.81. The van der Waals surface area contributed by atoms with Crippen LogP contribution in [-0.4, -0.2) is 34.1 Å². The van der Waals surface area contributed by atoms with Crippen LogP contribution >= 0.6 is 0 Å². The maximum atomic E-state index is 11.2. The van der Waals surface area contributed by atoms with Gasteiger partial charge in [0.1, 0.15) is 0 Å². The number of ether oxygens (including phenoxy) is 1. The second-order valence-electron chi connectivity index (χ2n) is 2.64. The van der Waals surface area contributed by atoms with Gasteiger partial charge in [0.25, 0.3) is 0 Å². The molecule has 1 rings (SSSR count). The molecule has 0 aliphatic rings. The van der Waals surface area contributed by atoms with Crippen molar-refractivity contribution in [3.8, 4) is 0 Å². The average molecular weight is 199 g/mol. The fourth-order valence-corrected chi connectivity index (χ4v) is 1.01. The number of hydrogen-bond acceptors (Lipinski definition) is 5. The number of nitrogen functional groups attached to an aromatic ring is 1. The first-order chi connectivity index (χ1) is 6.69. The van der Waals surface area contributed by atoms with Crippen molar-refractivity contribution >= 4 is 11.7 Å². The highest BCUT2D eigenvalue weighted by Gasteiger charge is 2.15. The predicted molar refractivity (Wildman–Crippen MR) is 49.7 cm³/mol. The SMILES string of the molecule is CCOC(=O)c1nn(CCO)cc1N. The number of carbonyl (C=O) groups excluding carboxylic acids is 1. The Labute approximate surface area is 81.3 Å². The number of aromatic nitrogens is 2. The summed E-state index contributed by atoms with van der Waals surface area (Å²) in [6.45, 7) is 2.25. The van der Waals surface area contributed by atoms with Crippen LogP contribution in [0.2, 0.25) is 0 Å². The zero-order valence-corrected chi connectivity index (χ0v) is 7.93. The summed E-state index contributed by atoms with van der Waals surface area (Å²) >= 11 is 0. The molecule has 1 heterocycles. The number of nitrogens with two attached hydrogens (primary N) is 1.